The Hall–Kier alpha value is -1.41. The highest BCUT2D eigenvalue weighted by molar-refractivity contribution is 7.80. The molecule has 2 rings (SSSR count). The van der Waals surface area contributed by atoms with Crippen LogP contribution in [0.15, 0.2) is 54.8 Å². The van der Waals surface area contributed by atoms with Crippen LogP contribution in [0.4, 0.5) is 0 Å². The van der Waals surface area contributed by atoms with Gasteiger partial charge in [-0.15, -0.1) is 0 Å². The molecule has 2 heteroatoms. The van der Waals surface area contributed by atoms with Gasteiger partial charge in [0.1, 0.15) is 0 Å². The van der Waals surface area contributed by atoms with Crippen molar-refractivity contribution in [3.05, 3.63) is 60.3 Å². The summed E-state index contributed by atoms with van der Waals surface area (Å²) in [5.74, 6) is 0. The fraction of sp³-hybridized carbons (Fsp3) is 0.312. The SMILES string of the molecule is CC1C=CC=CN1C(=S)C(C)(C)c1ccccc1. The number of rotatable bonds is 2. The van der Waals surface area contributed by atoms with E-state index in [4.69, 9.17) is 12.2 Å². The van der Waals surface area contributed by atoms with Gasteiger partial charge in [-0.2, -0.15) is 0 Å². The Labute approximate surface area is 115 Å². The minimum Gasteiger partial charge on any atom is -0.335 e. The Kier molecular flexibility index (Phi) is 3.67. The molecule has 0 aromatic heterocycles. The van der Waals surface area contributed by atoms with Crippen LogP contribution in [0.5, 0.6) is 0 Å². The van der Waals surface area contributed by atoms with Crippen molar-refractivity contribution in [3.8, 4) is 0 Å². The first-order valence-corrected chi connectivity index (χ1v) is 6.67. The van der Waals surface area contributed by atoms with Crippen LogP contribution in [-0.4, -0.2) is 15.9 Å². The van der Waals surface area contributed by atoms with Crippen LogP contribution in [0.25, 0.3) is 0 Å². The Bertz CT molecular complexity index is 485. The number of hydrogen-bond acceptors (Lipinski definition) is 1. The highest BCUT2D eigenvalue weighted by Crippen LogP contribution is 2.28. The van der Waals surface area contributed by atoms with Gasteiger partial charge in [0.05, 0.1) is 4.99 Å². The van der Waals surface area contributed by atoms with Crippen molar-refractivity contribution in [2.75, 3.05) is 0 Å². The van der Waals surface area contributed by atoms with Gasteiger partial charge in [0, 0.05) is 17.7 Å². The summed E-state index contributed by atoms with van der Waals surface area (Å²) in [6.45, 7) is 6.53. The van der Waals surface area contributed by atoms with Gasteiger partial charge in [0.25, 0.3) is 0 Å². The van der Waals surface area contributed by atoms with Gasteiger partial charge in [-0.05, 0) is 32.4 Å². The Morgan fingerprint density at radius 3 is 2.44 bits per heavy atom. The maximum atomic E-state index is 5.71. The zero-order valence-corrected chi connectivity index (χ0v) is 11.9. The maximum Gasteiger partial charge on any atom is 0.0926 e. The average molecular weight is 257 g/mol. The van der Waals surface area contributed by atoms with E-state index in [1.165, 1.54) is 5.56 Å². The molecule has 0 saturated carbocycles. The van der Waals surface area contributed by atoms with E-state index in [1.807, 2.05) is 12.1 Å². The summed E-state index contributed by atoms with van der Waals surface area (Å²) < 4.78 is 0. The molecule has 1 aliphatic heterocycles. The van der Waals surface area contributed by atoms with E-state index in [0.29, 0.717) is 6.04 Å². The molecule has 1 atom stereocenters. The Balaban J connectivity index is 2.28. The number of hydrogen-bond donors (Lipinski definition) is 0. The summed E-state index contributed by atoms with van der Waals surface area (Å²) in [7, 11) is 0. The lowest BCUT2D eigenvalue weighted by atomic mass is 9.83. The van der Waals surface area contributed by atoms with Crippen LogP contribution < -0.4 is 0 Å². The molecule has 1 unspecified atom stereocenters. The molecule has 1 nitrogen and oxygen atoms in total. The molecule has 0 spiro atoms. The van der Waals surface area contributed by atoms with Gasteiger partial charge < -0.3 is 4.90 Å². The lowest BCUT2D eigenvalue weighted by Crippen LogP contribution is -2.43. The molecule has 18 heavy (non-hydrogen) atoms. The van der Waals surface area contributed by atoms with E-state index in [-0.39, 0.29) is 5.41 Å². The fourth-order valence-electron chi connectivity index (χ4n) is 2.15. The lowest BCUT2D eigenvalue weighted by Gasteiger charge is -2.37. The van der Waals surface area contributed by atoms with Crippen molar-refractivity contribution in [1.29, 1.82) is 0 Å². The molecule has 0 fully saturated rings. The van der Waals surface area contributed by atoms with Crippen LogP contribution in [0.3, 0.4) is 0 Å². The number of nitrogens with zero attached hydrogens (tertiary/aromatic N) is 1. The van der Waals surface area contributed by atoms with E-state index >= 15 is 0 Å². The van der Waals surface area contributed by atoms with E-state index in [1.54, 1.807) is 0 Å². The molecule has 1 aliphatic rings. The zero-order chi connectivity index (χ0) is 13.2. The van der Waals surface area contributed by atoms with E-state index in [0.717, 1.165) is 4.99 Å². The van der Waals surface area contributed by atoms with Gasteiger partial charge in [-0.1, -0.05) is 54.7 Å². The first kappa shape index (κ1) is 13.0. The molecule has 0 radical (unpaired) electrons. The third kappa shape index (κ3) is 2.39. The molecular weight excluding hydrogens is 238 g/mol. The topological polar surface area (TPSA) is 3.24 Å². The summed E-state index contributed by atoms with van der Waals surface area (Å²) in [6, 6.07) is 10.8. The van der Waals surface area contributed by atoms with Crippen LogP contribution in [0.1, 0.15) is 26.3 Å². The molecule has 94 valence electrons. The highest BCUT2D eigenvalue weighted by atomic mass is 32.1. The van der Waals surface area contributed by atoms with Crippen LogP contribution in [0, 0.1) is 0 Å². The maximum absolute atomic E-state index is 5.71. The highest BCUT2D eigenvalue weighted by Gasteiger charge is 2.30. The molecule has 0 amide bonds. The predicted octanol–water partition coefficient (Wildman–Crippen LogP) is 4.07. The number of allylic oxidation sites excluding steroid dienone is 2. The van der Waals surface area contributed by atoms with Gasteiger partial charge in [-0.3, -0.25) is 0 Å². The Morgan fingerprint density at radius 2 is 1.83 bits per heavy atom. The summed E-state index contributed by atoms with van der Waals surface area (Å²) in [5, 5.41) is 0. The molecule has 1 heterocycles. The van der Waals surface area contributed by atoms with Gasteiger partial charge in [0.15, 0.2) is 0 Å². The molecule has 1 aromatic carbocycles. The minimum absolute atomic E-state index is 0.139. The summed E-state index contributed by atoms with van der Waals surface area (Å²) in [4.78, 5) is 3.13. The van der Waals surface area contributed by atoms with Crippen molar-refractivity contribution in [3.63, 3.8) is 0 Å². The van der Waals surface area contributed by atoms with E-state index in [9.17, 15) is 0 Å². The standard InChI is InChI=1S/C16H19NS/c1-13-9-7-8-12-17(13)15(18)16(2,3)14-10-5-4-6-11-14/h4-13H,1-3H3. The average Bonchev–Trinajstić information content (AvgIpc) is 2.39. The van der Waals surface area contributed by atoms with Crippen molar-refractivity contribution in [1.82, 2.24) is 4.90 Å². The molecule has 1 aromatic rings. The number of thiocarbonyl (C=S) groups is 1. The molecule has 0 saturated heterocycles. The summed E-state index contributed by atoms with van der Waals surface area (Å²) >= 11 is 5.71. The molecule has 0 aliphatic carbocycles. The van der Waals surface area contributed by atoms with Crippen LogP contribution in [0.2, 0.25) is 0 Å². The number of benzene rings is 1. The van der Waals surface area contributed by atoms with Crippen LogP contribution >= 0.6 is 12.2 Å². The summed E-state index contributed by atoms with van der Waals surface area (Å²) in [6.07, 6.45) is 8.33. The third-order valence-corrected chi connectivity index (χ3v) is 4.17. The molecule has 0 N–H and O–H groups in total. The molecular formula is C16H19NS. The van der Waals surface area contributed by atoms with Crippen molar-refractivity contribution in [2.45, 2.75) is 32.2 Å². The van der Waals surface area contributed by atoms with Crippen molar-refractivity contribution >= 4 is 17.2 Å². The third-order valence-electron chi connectivity index (χ3n) is 3.45. The summed E-state index contributed by atoms with van der Waals surface area (Å²) in [5.41, 5.74) is 1.12. The van der Waals surface area contributed by atoms with Gasteiger partial charge in [-0.25, -0.2) is 0 Å². The second kappa shape index (κ2) is 5.07. The van der Waals surface area contributed by atoms with E-state index < -0.39 is 0 Å². The monoisotopic (exact) mass is 257 g/mol. The van der Waals surface area contributed by atoms with Crippen molar-refractivity contribution < 1.29 is 0 Å². The lowest BCUT2D eigenvalue weighted by molar-refractivity contribution is 0.462. The predicted molar refractivity (Wildman–Crippen MR) is 81.6 cm³/mol. The second-order valence-electron chi connectivity index (χ2n) is 5.17. The van der Waals surface area contributed by atoms with Gasteiger partial charge in [0.2, 0.25) is 0 Å². The Morgan fingerprint density at radius 1 is 1.17 bits per heavy atom. The normalized spacial score (nSPS) is 19.1. The first-order valence-electron chi connectivity index (χ1n) is 6.27. The van der Waals surface area contributed by atoms with Gasteiger partial charge >= 0.3 is 0 Å². The quantitative estimate of drug-likeness (QED) is 0.735. The largest absolute Gasteiger partial charge is 0.335 e. The minimum atomic E-state index is -0.139. The second-order valence-corrected chi connectivity index (χ2v) is 5.56. The molecule has 0 bridgehead atoms. The smallest absolute Gasteiger partial charge is 0.0926 e. The zero-order valence-electron chi connectivity index (χ0n) is 11.1. The van der Waals surface area contributed by atoms with Crippen LogP contribution in [-0.2, 0) is 5.41 Å². The fourth-order valence-corrected chi connectivity index (χ4v) is 2.49. The van der Waals surface area contributed by atoms with Crippen molar-refractivity contribution in [2.24, 2.45) is 0 Å². The first-order chi connectivity index (χ1) is 8.53. The van der Waals surface area contributed by atoms with E-state index in [2.05, 4.69) is 68.3 Å².